The van der Waals surface area contributed by atoms with Gasteiger partial charge in [0.05, 0.1) is 11.7 Å². The third kappa shape index (κ3) is 6.24. The van der Waals surface area contributed by atoms with Gasteiger partial charge in [-0.3, -0.25) is 0 Å². The number of nitrogens with zero attached hydrogens (tertiary/aromatic N) is 2. The van der Waals surface area contributed by atoms with Gasteiger partial charge in [-0.2, -0.15) is 0 Å². The van der Waals surface area contributed by atoms with Gasteiger partial charge in [0.1, 0.15) is 0 Å². The Morgan fingerprint density at radius 1 is 0.648 bits per heavy atom. The van der Waals surface area contributed by atoms with Crippen LogP contribution < -0.4 is 20.2 Å². The van der Waals surface area contributed by atoms with Crippen LogP contribution in [-0.4, -0.2) is 6.04 Å². The average molecular weight is 697 g/mol. The summed E-state index contributed by atoms with van der Waals surface area (Å²) in [6.07, 6.45) is 25.1. The predicted octanol–water partition coefficient (Wildman–Crippen LogP) is 11.9. The van der Waals surface area contributed by atoms with E-state index in [9.17, 15) is 0 Å². The Morgan fingerprint density at radius 2 is 1.37 bits per heavy atom. The largest absolute Gasteiger partial charge is 0.334 e. The van der Waals surface area contributed by atoms with Crippen molar-refractivity contribution >= 4 is 55.8 Å². The van der Waals surface area contributed by atoms with Crippen molar-refractivity contribution in [3.05, 3.63) is 216 Å². The molecule has 0 fully saturated rings. The van der Waals surface area contributed by atoms with E-state index in [4.69, 9.17) is 0 Å². The monoisotopic (exact) mass is 696 g/mol. The Bertz CT molecular complexity index is 2690. The van der Waals surface area contributed by atoms with Gasteiger partial charge in [0, 0.05) is 34.1 Å². The lowest BCUT2D eigenvalue weighted by Crippen LogP contribution is -2.45. The number of rotatable bonds is 8. The molecular weight excluding hydrogens is 653 g/mol. The first-order valence-electron chi connectivity index (χ1n) is 19.2. The molecule has 6 aromatic carbocycles. The van der Waals surface area contributed by atoms with Gasteiger partial charge in [0.2, 0.25) is 0 Å². The van der Waals surface area contributed by atoms with Crippen molar-refractivity contribution in [2.24, 2.45) is 5.92 Å². The van der Waals surface area contributed by atoms with Gasteiger partial charge in [-0.1, -0.05) is 152 Å². The molecule has 2 unspecified atom stereocenters. The van der Waals surface area contributed by atoms with Crippen molar-refractivity contribution in [3.8, 4) is 0 Å². The molecule has 3 aliphatic rings. The zero-order valence-electron chi connectivity index (χ0n) is 30.9. The van der Waals surface area contributed by atoms with Gasteiger partial charge in [0.25, 0.3) is 0 Å². The molecule has 2 heteroatoms. The zero-order chi connectivity index (χ0) is 36.4. The molecule has 9 rings (SSSR count). The van der Waals surface area contributed by atoms with Crippen LogP contribution >= 0.6 is 0 Å². The van der Waals surface area contributed by atoms with Crippen LogP contribution in [0.3, 0.4) is 0 Å². The molecule has 0 bridgehead atoms. The first-order valence-corrected chi connectivity index (χ1v) is 19.2. The summed E-state index contributed by atoms with van der Waals surface area (Å²) in [5.74, 6) is 0.247. The summed E-state index contributed by atoms with van der Waals surface area (Å²) in [6.45, 7) is 4.45. The Hall–Kier alpha value is -6.38. The average Bonchev–Trinajstić information content (AvgIpc) is 3.24. The first-order chi connectivity index (χ1) is 26.6. The highest BCUT2D eigenvalue weighted by molar-refractivity contribution is 6.13. The number of anilines is 3. The highest BCUT2D eigenvalue weighted by Gasteiger charge is 2.31. The first kappa shape index (κ1) is 33.5. The van der Waals surface area contributed by atoms with E-state index in [1.54, 1.807) is 0 Å². The van der Waals surface area contributed by atoms with E-state index in [-0.39, 0.29) is 12.0 Å². The Morgan fingerprint density at radius 3 is 2.19 bits per heavy atom. The van der Waals surface area contributed by atoms with E-state index in [2.05, 4.69) is 218 Å². The quantitative estimate of drug-likeness (QED) is 0.115. The highest BCUT2D eigenvalue weighted by atomic mass is 15.2. The van der Waals surface area contributed by atoms with Crippen molar-refractivity contribution in [2.75, 3.05) is 9.80 Å². The van der Waals surface area contributed by atoms with E-state index in [0.717, 1.165) is 12.8 Å². The molecule has 0 spiro atoms. The highest BCUT2D eigenvalue weighted by Crippen LogP contribution is 2.39. The maximum atomic E-state index is 2.51. The van der Waals surface area contributed by atoms with Gasteiger partial charge < -0.3 is 9.80 Å². The maximum absolute atomic E-state index is 2.51. The zero-order valence-corrected chi connectivity index (χ0v) is 30.9. The fourth-order valence-corrected chi connectivity index (χ4v) is 8.45. The molecule has 0 aromatic heterocycles. The van der Waals surface area contributed by atoms with Crippen molar-refractivity contribution in [2.45, 2.75) is 32.7 Å². The van der Waals surface area contributed by atoms with Crippen LogP contribution in [0.5, 0.6) is 0 Å². The van der Waals surface area contributed by atoms with Crippen LogP contribution in [0.4, 0.5) is 17.1 Å². The van der Waals surface area contributed by atoms with Crippen LogP contribution in [0, 0.1) is 5.92 Å². The Kier molecular flexibility index (Phi) is 9.02. The molecule has 54 heavy (non-hydrogen) atoms. The van der Waals surface area contributed by atoms with Gasteiger partial charge >= 0.3 is 0 Å². The van der Waals surface area contributed by atoms with Crippen LogP contribution in [0.1, 0.15) is 32.3 Å². The summed E-state index contributed by atoms with van der Waals surface area (Å²) >= 11 is 0. The van der Waals surface area contributed by atoms with Crippen molar-refractivity contribution in [1.82, 2.24) is 0 Å². The summed E-state index contributed by atoms with van der Waals surface area (Å²) in [4.78, 5) is 4.95. The number of allylic oxidation sites excluding steroid dienone is 10. The van der Waals surface area contributed by atoms with Crippen LogP contribution in [0.15, 0.2) is 200 Å². The summed E-state index contributed by atoms with van der Waals surface area (Å²) in [7, 11) is 0. The van der Waals surface area contributed by atoms with Gasteiger partial charge in [0.15, 0.2) is 0 Å². The lowest BCUT2D eigenvalue weighted by atomic mass is 9.81. The van der Waals surface area contributed by atoms with Crippen molar-refractivity contribution < 1.29 is 0 Å². The lowest BCUT2D eigenvalue weighted by Gasteiger charge is -2.39. The van der Waals surface area contributed by atoms with E-state index in [1.165, 1.54) is 77.1 Å². The third-order valence-corrected chi connectivity index (χ3v) is 11.1. The van der Waals surface area contributed by atoms with Gasteiger partial charge in [-0.05, 0) is 112 Å². The molecular formula is C52H44N2. The van der Waals surface area contributed by atoms with Gasteiger partial charge in [-0.25, -0.2) is 0 Å². The molecule has 0 aliphatic heterocycles. The van der Waals surface area contributed by atoms with Crippen LogP contribution in [-0.2, 0) is 0 Å². The molecule has 6 aromatic rings. The summed E-state index contributed by atoms with van der Waals surface area (Å²) in [5, 5.41) is 7.69. The SMILES string of the molecule is C/C(=C\C=C(/C)N(C1=CCCC=C1)c1cc2ccccc2c2ccccc12)c1ccc(N(c2ccccc2)C2C=c3ccccc3=C3C=CC=CC32)cc1. The molecule has 0 amide bonds. The number of benzene rings is 6. The second-order valence-electron chi connectivity index (χ2n) is 14.5. The molecule has 262 valence electrons. The lowest BCUT2D eigenvalue weighted by molar-refractivity contribution is 0.701. The fraction of sp³-hybridized carbons (Fsp3) is 0.115. The molecule has 0 N–H and O–H groups in total. The molecule has 0 saturated heterocycles. The minimum absolute atomic E-state index is 0.131. The number of hydrogen-bond donors (Lipinski definition) is 0. The normalized spacial score (nSPS) is 17.9. The van der Waals surface area contributed by atoms with E-state index in [0.29, 0.717) is 0 Å². The van der Waals surface area contributed by atoms with E-state index in [1.807, 2.05) is 0 Å². The molecule has 0 saturated carbocycles. The predicted molar refractivity (Wildman–Crippen MR) is 232 cm³/mol. The molecule has 2 atom stereocenters. The Balaban J connectivity index is 1.07. The maximum Gasteiger partial charge on any atom is 0.0634 e. The number of hydrogen-bond acceptors (Lipinski definition) is 2. The minimum atomic E-state index is 0.131. The number of fused-ring (bicyclic) bond motifs is 5. The molecule has 2 nitrogen and oxygen atoms in total. The van der Waals surface area contributed by atoms with E-state index >= 15 is 0 Å². The summed E-state index contributed by atoms with van der Waals surface area (Å²) in [5.41, 5.74) is 9.78. The van der Waals surface area contributed by atoms with Gasteiger partial charge in [-0.15, -0.1) is 0 Å². The number of para-hydroxylation sites is 1. The third-order valence-electron chi connectivity index (χ3n) is 11.1. The topological polar surface area (TPSA) is 6.48 Å². The Labute approximate surface area is 318 Å². The van der Waals surface area contributed by atoms with E-state index < -0.39 is 0 Å². The fourth-order valence-electron chi connectivity index (χ4n) is 8.45. The smallest absolute Gasteiger partial charge is 0.0634 e. The standard InChI is InChI=1S/C52H44N2/c1-37(29-30-38(2)53(42-19-5-3-6-20-42)51-35-40-17-9-11-23-45(40)47-25-13-15-27-49(47)51)39-31-33-44(34-32-39)54(43-21-7-4-8-22-43)52-36-41-18-10-12-24-46(41)48-26-14-16-28-50(48)52/h4-5,7-36,50,52H,3,6H2,1-2H3/b37-29+,38-30+. The minimum Gasteiger partial charge on any atom is -0.334 e. The van der Waals surface area contributed by atoms with Crippen LogP contribution in [0.2, 0.25) is 0 Å². The summed E-state index contributed by atoms with van der Waals surface area (Å²) in [6, 6.07) is 48.8. The van der Waals surface area contributed by atoms with Crippen LogP contribution in [0.25, 0.3) is 38.8 Å². The second-order valence-corrected chi connectivity index (χ2v) is 14.5. The molecule has 0 radical (unpaired) electrons. The molecule has 3 aliphatic carbocycles. The second kappa shape index (κ2) is 14.6. The molecule has 0 heterocycles. The van der Waals surface area contributed by atoms with Crippen molar-refractivity contribution in [1.29, 1.82) is 0 Å². The summed E-state index contributed by atoms with van der Waals surface area (Å²) < 4.78 is 0. The van der Waals surface area contributed by atoms with Crippen molar-refractivity contribution in [3.63, 3.8) is 0 Å².